The van der Waals surface area contributed by atoms with Crippen LogP contribution in [0.25, 0.3) is 89.0 Å². The van der Waals surface area contributed by atoms with Crippen molar-refractivity contribution >= 4 is 0 Å². The summed E-state index contributed by atoms with van der Waals surface area (Å²) < 4.78 is 248. The van der Waals surface area contributed by atoms with Crippen molar-refractivity contribution in [1.82, 2.24) is 0 Å². The van der Waals surface area contributed by atoms with Crippen molar-refractivity contribution in [3.63, 3.8) is 0 Å². The van der Waals surface area contributed by atoms with Gasteiger partial charge in [0.25, 0.3) is 0 Å². The van der Waals surface area contributed by atoms with E-state index in [0.717, 1.165) is 150 Å². The summed E-state index contributed by atoms with van der Waals surface area (Å²) in [6.45, 7) is 15.9. The highest BCUT2D eigenvalue weighted by atomic mass is 19.2. The Hall–Kier alpha value is -11.3. The predicted molar refractivity (Wildman–Crippen MR) is 555 cm³/mol. The normalized spacial score (nSPS) is 16.6. The standard InChI is InChI=1S/C27H32.C26H24F6.C26H26F4.C26H31F3.C23H20F4/c1-3-9-23-19(7-1)11-13-21-17-27(15-5-6-16-27)18-22-14-12-20-8-2-4-10-24(20)26(22)25(21)23;1-3-5-7-15-9-11-17(23(29)21(15)27)19-13-14-20(26(32)25(19)31)18-12-10-16(8-6-4-2)22(28)24(18)30;1-3-5-7-17-9-11-19(23(27)15-17)21-13-14-22(26(30)25(21)29)20-12-10-18(8-6-4-2)16-24(20)28;1-16-3-7-18(8-4-16)20-11-12-22(23(27)13-20)26-24(28)14-21(15-25(26)29)19-9-5-17(2)6-10-19;1-3-4-5-17-11-13-19(23(27)21(17)25)16-9-7-15(8-10-16)18-12-6-14(2)20(24)22(18)26/h11-14H,1-10,15-18H2;9-14H,3-8H2,1-2H3;9-16H,3-8H2,1-2H3;11-19H,3-10H2,1-2H3;6-13H,3-5H2,1-2H3. The number of hydrogen-bond acceptors (Lipinski definition) is 0. The molecule has 0 bridgehead atoms. The minimum absolute atomic E-state index is 0.00594. The fourth-order valence-corrected chi connectivity index (χ4v) is 22.6. The molecule has 17 heteroatoms. The molecule has 0 heterocycles. The van der Waals surface area contributed by atoms with Gasteiger partial charge in [-0.2, -0.15) is 0 Å². The molecule has 0 aliphatic heterocycles. The first-order chi connectivity index (χ1) is 70.0. The number of hydrogen-bond donors (Lipinski definition) is 0. The topological polar surface area (TPSA) is 0 Å². The van der Waals surface area contributed by atoms with Crippen LogP contribution in [-0.2, 0) is 70.6 Å². The Morgan fingerprint density at radius 3 is 0.938 bits per heavy atom. The second kappa shape index (κ2) is 49.5. The van der Waals surface area contributed by atoms with E-state index in [4.69, 9.17) is 0 Å². The first-order valence-corrected chi connectivity index (χ1v) is 53.0. The lowest BCUT2D eigenvalue weighted by molar-refractivity contribution is 0.294. The van der Waals surface area contributed by atoms with Gasteiger partial charge in [-0.15, -0.1) is 0 Å². The van der Waals surface area contributed by atoms with Crippen LogP contribution in [0.1, 0.15) is 305 Å². The van der Waals surface area contributed by atoms with E-state index < -0.39 is 121 Å². The van der Waals surface area contributed by atoms with E-state index in [9.17, 15) is 74.6 Å². The van der Waals surface area contributed by atoms with Gasteiger partial charge in [-0.1, -0.05) is 277 Å². The summed E-state index contributed by atoms with van der Waals surface area (Å²) in [6, 6.07) is 49.3. The monoisotopic (exact) mass is 1990 g/mol. The number of benzene rings is 13. The molecule has 145 heavy (non-hydrogen) atoms. The molecule has 19 rings (SSSR count). The third kappa shape index (κ3) is 24.7. The van der Waals surface area contributed by atoms with Crippen LogP contribution in [-0.4, -0.2) is 0 Å². The zero-order chi connectivity index (χ0) is 103. The molecule has 3 saturated carbocycles. The molecule has 1 spiro atoms. The molecular formula is C128H133F17. The SMILES string of the molecule is CC1CCC(c2ccc(-c3c(F)cc(C4CCC(C)CC4)cc3F)c(F)c2)CC1.CCCCc1ccc(-c2ccc(-c3ccc(C)c(F)c3F)cc2)c(F)c1F.CCCCc1ccc(-c2ccc(-c3ccc(CCCC)c(F)c3F)c(F)c2F)c(F)c1F.CCCCc1ccc(-c2ccc(-c3ccc(CCCC)cc3F)c(F)c2F)c(F)c1.c1cc2c(c3c1CCCC3)-c1c(ccc3c1CCCC3)CC1(CCCC1)C2. The third-order valence-electron chi connectivity index (χ3n) is 31.3. The molecule has 0 atom stereocenters. The lowest BCUT2D eigenvalue weighted by atomic mass is 9.76. The second-order valence-electron chi connectivity index (χ2n) is 41.5. The van der Waals surface area contributed by atoms with Gasteiger partial charge in [0, 0.05) is 61.2 Å². The Kier molecular flexibility index (Phi) is 36.8. The lowest BCUT2D eigenvalue weighted by Gasteiger charge is -2.28. The molecule has 13 aromatic rings. The number of aryl methyl sites for hydroxylation is 8. The molecule has 0 saturated heterocycles. The maximum absolute atomic E-state index is 14.9. The van der Waals surface area contributed by atoms with Crippen LogP contribution in [0, 0.1) is 123 Å². The number of fused-ring (bicyclic) bond motifs is 7. The van der Waals surface area contributed by atoms with Crippen molar-refractivity contribution in [2.24, 2.45) is 17.3 Å². The highest BCUT2D eigenvalue weighted by Crippen LogP contribution is 2.54. The van der Waals surface area contributed by atoms with E-state index in [0.29, 0.717) is 71.6 Å². The van der Waals surface area contributed by atoms with Crippen LogP contribution in [0.5, 0.6) is 0 Å². The summed E-state index contributed by atoms with van der Waals surface area (Å²) in [5, 5.41) is 0. The van der Waals surface area contributed by atoms with Crippen molar-refractivity contribution < 1.29 is 74.6 Å². The van der Waals surface area contributed by atoms with Crippen molar-refractivity contribution in [3.05, 3.63) is 365 Å². The molecule has 0 radical (unpaired) electrons. The Bertz CT molecular complexity index is 6450. The summed E-state index contributed by atoms with van der Waals surface area (Å²) in [4.78, 5) is 0. The Balaban J connectivity index is 0.000000136. The van der Waals surface area contributed by atoms with Crippen LogP contribution in [0.2, 0.25) is 0 Å². The fourth-order valence-electron chi connectivity index (χ4n) is 22.6. The molecule has 0 unspecified atom stereocenters. The van der Waals surface area contributed by atoms with Gasteiger partial charge < -0.3 is 0 Å². The van der Waals surface area contributed by atoms with Crippen LogP contribution in [0.15, 0.2) is 188 Å². The maximum atomic E-state index is 14.9. The summed E-state index contributed by atoms with van der Waals surface area (Å²) >= 11 is 0. The molecule has 0 nitrogen and oxygen atoms in total. The van der Waals surface area contributed by atoms with Crippen LogP contribution >= 0.6 is 0 Å². The van der Waals surface area contributed by atoms with Crippen molar-refractivity contribution in [2.75, 3.05) is 0 Å². The molecular weight excluding hydrogens is 1860 g/mol. The van der Waals surface area contributed by atoms with E-state index in [1.807, 2.05) is 40.7 Å². The summed E-state index contributed by atoms with van der Waals surface area (Å²) in [5.41, 5.74) is 17.2. The quantitative estimate of drug-likeness (QED) is 0.0529. The summed E-state index contributed by atoms with van der Waals surface area (Å²) in [6.07, 6.45) is 38.8. The number of unbranched alkanes of at least 4 members (excludes halogenated alkanes) is 5. The fraction of sp³-hybridized carbons (Fsp3) is 0.391. The van der Waals surface area contributed by atoms with Gasteiger partial charge in [0.1, 0.15) is 29.1 Å². The molecule has 764 valence electrons. The second-order valence-corrected chi connectivity index (χ2v) is 41.5. The summed E-state index contributed by atoms with van der Waals surface area (Å²) in [5.74, 6) is -14.6. The van der Waals surface area contributed by atoms with Gasteiger partial charge in [-0.3, -0.25) is 0 Å². The zero-order valence-corrected chi connectivity index (χ0v) is 84.8. The Morgan fingerprint density at radius 2 is 0.552 bits per heavy atom. The van der Waals surface area contributed by atoms with E-state index in [1.54, 1.807) is 99.1 Å². The van der Waals surface area contributed by atoms with E-state index >= 15 is 0 Å². The molecule has 6 aliphatic rings. The third-order valence-corrected chi connectivity index (χ3v) is 31.3. The average molecular weight is 1990 g/mol. The molecule has 0 N–H and O–H groups in total. The highest BCUT2D eigenvalue weighted by molar-refractivity contribution is 5.82. The van der Waals surface area contributed by atoms with Crippen molar-refractivity contribution in [3.8, 4) is 89.0 Å². The average Bonchev–Trinajstić information content (AvgIpc) is 1.60. The summed E-state index contributed by atoms with van der Waals surface area (Å²) in [7, 11) is 0. The van der Waals surface area contributed by atoms with Gasteiger partial charge in [0.15, 0.2) is 69.8 Å². The van der Waals surface area contributed by atoms with Gasteiger partial charge in [0.05, 0.1) is 5.56 Å². The highest BCUT2D eigenvalue weighted by Gasteiger charge is 2.41. The minimum atomic E-state index is -1.46. The largest absolute Gasteiger partial charge is 0.206 e. The minimum Gasteiger partial charge on any atom is -0.206 e. The molecule has 3 fully saturated rings. The van der Waals surface area contributed by atoms with E-state index in [2.05, 4.69) is 38.1 Å². The van der Waals surface area contributed by atoms with Gasteiger partial charge in [0.2, 0.25) is 0 Å². The molecule has 6 aliphatic carbocycles. The number of rotatable bonds is 24. The molecule has 13 aromatic carbocycles. The van der Waals surface area contributed by atoms with E-state index in [1.165, 1.54) is 188 Å². The van der Waals surface area contributed by atoms with Crippen LogP contribution in [0.4, 0.5) is 74.6 Å². The lowest BCUT2D eigenvalue weighted by Crippen LogP contribution is -2.22. The van der Waals surface area contributed by atoms with Crippen LogP contribution in [0.3, 0.4) is 0 Å². The van der Waals surface area contributed by atoms with Crippen LogP contribution < -0.4 is 0 Å². The van der Waals surface area contributed by atoms with Crippen molar-refractivity contribution in [2.45, 2.75) is 305 Å². The Labute approximate surface area is 845 Å². The molecule has 0 amide bonds. The van der Waals surface area contributed by atoms with E-state index in [-0.39, 0.29) is 67.1 Å². The molecule has 0 aromatic heterocycles. The predicted octanol–water partition coefficient (Wildman–Crippen LogP) is 39.2. The van der Waals surface area contributed by atoms with Crippen molar-refractivity contribution in [1.29, 1.82) is 0 Å². The Morgan fingerprint density at radius 1 is 0.248 bits per heavy atom. The first kappa shape index (κ1) is 108. The smallest absolute Gasteiger partial charge is 0.167 e. The maximum Gasteiger partial charge on any atom is 0.167 e. The zero-order valence-electron chi connectivity index (χ0n) is 84.8. The number of halogens is 17. The van der Waals surface area contributed by atoms with Gasteiger partial charge in [-0.25, -0.2) is 74.6 Å². The van der Waals surface area contributed by atoms with Gasteiger partial charge >= 0.3 is 0 Å². The first-order valence-electron chi connectivity index (χ1n) is 53.0. The van der Waals surface area contributed by atoms with Gasteiger partial charge in [-0.05, 0) is 333 Å².